The molecule has 25 heavy (non-hydrogen) atoms. The second-order valence-corrected chi connectivity index (χ2v) is 4.95. The van der Waals surface area contributed by atoms with Gasteiger partial charge in [0.25, 0.3) is 11.6 Å². The number of halogens is 2. The minimum atomic E-state index is -3.02. The number of carbonyl (C=O) groups is 1. The molecule has 0 saturated carbocycles. The summed E-state index contributed by atoms with van der Waals surface area (Å²) in [5, 5.41) is 13.3. The molecule has 132 valence electrons. The molecule has 2 aromatic rings. The Balaban J connectivity index is 2.22. The van der Waals surface area contributed by atoms with E-state index < -0.39 is 17.4 Å². The van der Waals surface area contributed by atoms with Crippen LogP contribution in [0.2, 0.25) is 0 Å². The van der Waals surface area contributed by atoms with Crippen molar-refractivity contribution in [2.45, 2.75) is 13.5 Å². The second-order valence-electron chi connectivity index (χ2n) is 4.95. The first-order valence-electron chi connectivity index (χ1n) is 7.01. The van der Waals surface area contributed by atoms with E-state index in [1.165, 1.54) is 43.5 Å². The Morgan fingerprint density at radius 2 is 1.92 bits per heavy atom. The SMILES string of the molecule is COc1cc(C(=O)Nc2ccc([N+](=O)[O-])cc2C)ccc1OC(F)F. The summed E-state index contributed by atoms with van der Waals surface area (Å²) < 4.78 is 33.9. The number of nitrogens with one attached hydrogen (secondary N) is 1. The summed E-state index contributed by atoms with van der Waals surface area (Å²) >= 11 is 0. The molecule has 0 fully saturated rings. The van der Waals surface area contributed by atoms with Gasteiger partial charge in [0.15, 0.2) is 11.5 Å². The molecule has 1 amide bonds. The Kier molecular flexibility index (Phi) is 5.48. The zero-order valence-corrected chi connectivity index (χ0v) is 13.3. The summed E-state index contributed by atoms with van der Waals surface area (Å²) in [4.78, 5) is 22.5. The van der Waals surface area contributed by atoms with Crippen LogP contribution in [0.25, 0.3) is 0 Å². The molecule has 0 radical (unpaired) electrons. The number of aryl methyl sites for hydroxylation is 1. The number of nitrogens with zero attached hydrogens (tertiary/aromatic N) is 1. The number of nitro groups is 1. The maximum Gasteiger partial charge on any atom is 0.387 e. The van der Waals surface area contributed by atoms with E-state index in [1.807, 2.05) is 0 Å². The minimum absolute atomic E-state index is 0.0200. The first kappa shape index (κ1) is 18.1. The van der Waals surface area contributed by atoms with Crippen molar-refractivity contribution < 1.29 is 28.0 Å². The first-order chi connectivity index (χ1) is 11.8. The molecular formula is C16H14F2N2O5. The average Bonchev–Trinajstić information content (AvgIpc) is 2.56. The van der Waals surface area contributed by atoms with E-state index in [0.29, 0.717) is 11.3 Å². The van der Waals surface area contributed by atoms with Gasteiger partial charge >= 0.3 is 6.61 Å². The standard InChI is InChI=1S/C16H14F2N2O5/c1-9-7-11(20(22)23)4-5-12(9)19-15(21)10-3-6-13(25-16(17)18)14(8-10)24-2/h3-8,16H,1-2H3,(H,19,21). The Hall–Kier alpha value is -3.23. The molecule has 2 rings (SSSR count). The predicted octanol–water partition coefficient (Wildman–Crippen LogP) is 3.77. The number of methoxy groups -OCH3 is 1. The Bertz CT molecular complexity index is 811. The minimum Gasteiger partial charge on any atom is -0.493 e. The van der Waals surface area contributed by atoms with E-state index >= 15 is 0 Å². The van der Waals surface area contributed by atoms with E-state index in [4.69, 9.17) is 4.74 Å². The number of nitro benzene ring substituents is 1. The number of carbonyl (C=O) groups excluding carboxylic acids is 1. The number of non-ortho nitro benzene ring substituents is 1. The number of rotatable bonds is 6. The third-order valence-corrected chi connectivity index (χ3v) is 3.31. The van der Waals surface area contributed by atoms with Gasteiger partial charge in [-0.05, 0) is 36.8 Å². The molecule has 0 heterocycles. The van der Waals surface area contributed by atoms with Gasteiger partial charge in [0.1, 0.15) is 0 Å². The molecule has 0 aliphatic carbocycles. The van der Waals surface area contributed by atoms with E-state index in [1.54, 1.807) is 6.92 Å². The molecule has 0 saturated heterocycles. The van der Waals surface area contributed by atoms with E-state index in [9.17, 15) is 23.7 Å². The van der Waals surface area contributed by atoms with E-state index in [0.717, 1.165) is 0 Å². The van der Waals surface area contributed by atoms with Gasteiger partial charge in [0.2, 0.25) is 0 Å². The van der Waals surface area contributed by atoms with Gasteiger partial charge in [-0.3, -0.25) is 14.9 Å². The van der Waals surface area contributed by atoms with Crippen LogP contribution in [0.15, 0.2) is 36.4 Å². The largest absolute Gasteiger partial charge is 0.493 e. The van der Waals surface area contributed by atoms with Crippen molar-refractivity contribution in [1.29, 1.82) is 0 Å². The highest BCUT2D eigenvalue weighted by atomic mass is 19.3. The van der Waals surface area contributed by atoms with Gasteiger partial charge in [-0.15, -0.1) is 0 Å². The summed E-state index contributed by atoms with van der Waals surface area (Å²) in [5.74, 6) is -0.743. The molecule has 0 aliphatic rings. The highest BCUT2D eigenvalue weighted by molar-refractivity contribution is 6.05. The fourth-order valence-electron chi connectivity index (χ4n) is 2.10. The lowest BCUT2D eigenvalue weighted by atomic mass is 10.1. The number of anilines is 1. The van der Waals surface area contributed by atoms with Gasteiger partial charge in [-0.2, -0.15) is 8.78 Å². The Morgan fingerprint density at radius 3 is 2.48 bits per heavy atom. The fourth-order valence-corrected chi connectivity index (χ4v) is 2.10. The second kappa shape index (κ2) is 7.56. The quantitative estimate of drug-likeness (QED) is 0.631. The summed E-state index contributed by atoms with van der Waals surface area (Å²) in [6.45, 7) is -1.40. The maximum absolute atomic E-state index is 12.3. The molecular weight excluding hydrogens is 338 g/mol. The summed E-state index contributed by atoms with van der Waals surface area (Å²) in [6.07, 6.45) is 0. The molecule has 7 nitrogen and oxygen atoms in total. The van der Waals surface area contributed by atoms with Gasteiger partial charge in [0, 0.05) is 23.4 Å². The summed E-state index contributed by atoms with van der Waals surface area (Å²) in [5.41, 5.74) is 0.955. The van der Waals surface area contributed by atoms with Crippen LogP contribution < -0.4 is 14.8 Å². The van der Waals surface area contributed by atoms with Crippen molar-refractivity contribution in [3.63, 3.8) is 0 Å². The maximum atomic E-state index is 12.3. The number of hydrogen-bond donors (Lipinski definition) is 1. The molecule has 0 bridgehead atoms. The lowest BCUT2D eigenvalue weighted by molar-refractivity contribution is -0.384. The predicted molar refractivity (Wildman–Crippen MR) is 85.4 cm³/mol. The molecule has 0 atom stereocenters. The number of ether oxygens (including phenoxy) is 2. The number of hydrogen-bond acceptors (Lipinski definition) is 5. The van der Waals surface area contributed by atoms with Crippen molar-refractivity contribution in [1.82, 2.24) is 0 Å². The zero-order chi connectivity index (χ0) is 18.6. The Labute approximate surface area is 141 Å². The summed E-state index contributed by atoms with van der Waals surface area (Å²) in [7, 11) is 1.26. The highest BCUT2D eigenvalue weighted by Gasteiger charge is 2.15. The van der Waals surface area contributed by atoms with Gasteiger partial charge in [-0.25, -0.2) is 0 Å². The van der Waals surface area contributed by atoms with Crippen molar-refractivity contribution in [2.75, 3.05) is 12.4 Å². The normalized spacial score (nSPS) is 10.4. The van der Waals surface area contributed by atoms with Gasteiger partial charge < -0.3 is 14.8 Å². The van der Waals surface area contributed by atoms with Gasteiger partial charge in [-0.1, -0.05) is 0 Å². The lowest BCUT2D eigenvalue weighted by Crippen LogP contribution is -2.13. The van der Waals surface area contributed by atoms with Crippen LogP contribution in [0.5, 0.6) is 11.5 Å². The van der Waals surface area contributed by atoms with Crippen LogP contribution in [0.3, 0.4) is 0 Å². The monoisotopic (exact) mass is 352 g/mol. The first-order valence-corrected chi connectivity index (χ1v) is 7.01. The Morgan fingerprint density at radius 1 is 1.20 bits per heavy atom. The van der Waals surface area contributed by atoms with E-state index in [-0.39, 0.29) is 22.7 Å². The third kappa shape index (κ3) is 4.40. The van der Waals surface area contributed by atoms with Crippen LogP contribution in [0.4, 0.5) is 20.2 Å². The van der Waals surface area contributed by atoms with Crippen LogP contribution in [0.1, 0.15) is 15.9 Å². The van der Waals surface area contributed by atoms with E-state index in [2.05, 4.69) is 10.1 Å². The number of amides is 1. The molecule has 0 spiro atoms. The number of alkyl halides is 2. The lowest BCUT2D eigenvalue weighted by Gasteiger charge is -2.12. The summed E-state index contributed by atoms with van der Waals surface area (Å²) in [6, 6.07) is 7.77. The third-order valence-electron chi connectivity index (χ3n) is 3.31. The van der Waals surface area contributed by atoms with Crippen LogP contribution in [-0.2, 0) is 0 Å². The topological polar surface area (TPSA) is 90.7 Å². The molecule has 1 N–H and O–H groups in total. The molecule has 0 unspecified atom stereocenters. The molecule has 0 aromatic heterocycles. The molecule has 0 aliphatic heterocycles. The average molecular weight is 352 g/mol. The van der Waals surface area contributed by atoms with Crippen LogP contribution in [-0.4, -0.2) is 24.6 Å². The highest BCUT2D eigenvalue weighted by Crippen LogP contribution is 2.30. The van der Waals surface area contributed by atoms with Crippen molar-refractivity contribution in [2.24, 2.45) is 0 Å². The van der Waals surface area contributed by atoms with Gasteiger partial charge in [0.05, 0.1) is 12.0 Å². The fraction of sp³-hybridized carbons (Fsp3) is 0.188. The van der Waals surface area contributed by atoms with Crippen LogP contribution >= 0.6 is 0 Å². The zero-order valence-electron chi connectivity index (χ0n) is 13.3. The van der Waals surface area contributed by atoms with Crippen molar-refractivity contribution in [3.8, 4) is 11.5 Å². The van der Waals surface area contributed by atoms with Crippen molar-refractivity contribution >= 4 is 17.3 Å². The number of benzene rings is 2. The smallest absolute Gasteiger partial charge is 0.387 e. The van der Waals surface area contributed by atoms with Crippen LogP contribution in [0, 0.1) is 17.0 Å². The molecule has 2 aromatic carbocycles. The van der Waals surface area contributed by atoms with Crippen molar-refractivity contribution in [3.05, 3.63) is 57.6 Å². The molecule has 9 heteroatoms.